The number of anilines is 1. The molecule has 0 aliphatic carbocycles. The van der Waals surface area contributed by atoms with E-state index in [-0.39, 0.29) is 29.6 Å². The number of aryl methyl sites for hydroxylation is 1. The van der Waals surface area contributed by atoms with Crippen LogP contribution in [-0.2, 0) is 11.2 Å². The number of nitrogens with zero attached hydrogens (tertiary/aromatic N) is 1. The topological polar surface area (TPSA) is 60.5 Å². The van der Waals surface area contributed by atoms with Crippen LogP contribution in [0.4, 0.5) is 22.6 Å². The number of methoxy groups -OCH3 is 1. The van der Waals surface area contributed by atoms with E-state index in [1.807, 2.05) is 0 Å². The lowest BCUT2D eigenvalue weighted by Gasteiger charge is -2.13. The Morgan fingerprint density at radius 3 is 2.55 bits per heavy atom. The molecule has 2 aromatic carbocycles. The van der Waals surface area contributed by atoms with E-state index in [0.29, 0.717) is 28.2 Å². The summed E-state index contributed by atoms with van der Waals surface area (Å²) in [6.07, 6.45) is -3.98. The van der Waals surface area contributed by atoms with Crippen LogP contribution in [0.5, 0.6) is 11.5 Å². The van der Waals surface area contributed by atoms with Gasteiger partial charge in [-0.25, -0.2) is 9.37 Å². The molecule has 0 unspecified atom stereocenters. The SMILES string of the molecule is COc1cc(CCC(=O)Nc2scnc2-c2ccc(F)cc2)ccc1OCC(F)(F)F. The molecule has 1 aromatic heterocycles. The van der Waals surface area contributed by atoms with Gasteiger partial charge in [0.05, 0.1) is 12.6 Å². The van der Waals surface area contributed by atoms with Crippen LogP contribution in [0.2, 0.25) is 0 Å². The Hall–Kier alpha value is -3.14. The van der Waals surface area contributed by atoms with Gasteiger partial charge in [0.1, 0.15) is 16.5 Å². The molecule has 0 aliphatic heterocycles. The number of hydrogen-bond donors (Lipinski definition) is 1. The molecule has 1 amide bonds. The largest absolute Gasteiger partial charge is 0.493 e. The number of nitrogens with one attached hydrogen (secondary N) is 1. The van der Waals surface area contributed by atoms with Crippen LogP contribution in [0.1, 0.15) is 12.0 Å². The third kappa shape index (κ3) is 6.42. The van der Waals surface area contributed by atoms with E-state index in [4.69, 9.17) is 9.47 Å². The molecule has 0 spiro atoms. The lowest BCUT2D eigenvalue weighted by Crippen LogP contribution is -2.19. The van der Waals surface area contributed by atoms with Crippen molar-refractivity contribution in [2.24, 2.45) is 0 Å². The fraction of sp³-hybridized carbons (Fsp3) is 0.238. The molecule has 5 nitrogen and oxygen atoms in total. The minimum atomic E-state index is -4.45. The normalized spacial score (nSPS) is 11.3. The molecule has 0 saturated heterocycles. The third-order valence-electron chi connectivity index (χ3n) is 4.20. The number of benzene rings is 2. The summed E-state index contributed by atoms with van der Waals surface area (Å²) in [5, 5.41) is 3.34. The smallest absolute Gasteiger partial charge is 0.422 e. The van der Waals surface area contributed by atoms with E-state index in [1.165, 1.54) is 42.7 Å². The van der Waals surface area contributed by atoms with Crippen molar-refractivity contribution < 1.29 is 31.8 Å². The van der Waals surface area contributed by atoms with Crippen molar-refractivity contribution in [2.75, 3.05) is 19.0 Å². The summed E-state index contributed by atoms with van der Waals surface area (Å²) in [4.78, 5) is 16.6. The number of carbonyl (C=O) groups excluding carboxylic acids is 1. The number of thiazole rings is 1. The number of hydrogen-bond acceptors (Lipinski definition) is 5. The Morgan fingerprint density at radius 1 is 1.13 bits per heavy atom. The number of carbonyl (C=O) groups is 1. The van der Waals surface area contributed by atoms with E-state index < -0.39 is 12.8 Å². The number of ether oxygens (including phenoxy) is 2. The summed E-state index contributed by atoms with van der Waals surface area (Å²) in [7, 11) is 1.33. The fourth-order valence-corrected chi connectivity index (χ4v) is 3.46. The minimum Gasteiger partial charge on any atom is -0.493 e. The fourth-order valence-electron chi connectivity index (χ4n) is 2.74. The van der Waals surface area contributed by atoms with Crippen molar-refractivity contribution in [3.8, 4) is 22.8 Å². The maximum absolute atomic E-state index is 13.1. The zero-order valence-corrected chi connectivity index (χ0v) is 17.1. The number of aromatic nitrogens is 1. The highest BCUT2D eigenvalue weighted by atomic mass is 32.1. The van der Waals surface area contributed by atoms with Crippen molar-refractivity contribution in [3.05, 3.63) is 59.4 Å². The second-order valence-electron chi connectivity index (χ2n) is 6.47. The van der Waals surface area contributed by atoms with Crippen LogP contribution < -0.4 is 14.8 Å². The number of halogens is 4. The molecule has 31 heavy (non-hydrogen) atoms. The molecule has 1 N–H and O–H groups in total. The molecule has 164 valence electrons. The highest BCUT2D eigenvalue weighted by Crippen LogP contribution is 2.32. The van der Waals surface area contributed by atoms with Gasteiger partial charge in [-0.2, -0.15) is 13.2 Å². The van der Waals surface area contributed by atoms with Crippen LogP contribution in [0.3, 0.4) is 0 Å². The van der Waals surface area contributed by atoms with Gasteiger partial charge in [0.15, 0.2) is 18.1 Å². The zero-order valence-electron chi connectivity index (χ0n) is 16.3. The predicted molar refractivity (Wildman–Crippen MR) is 109 cm³/mol. The second-order valence-corrected chi connectivity index (χ2v) is 7.33. The van der Waals surface area contributed by atoms with Gasteiger partial charge < -0.3 is 14.8 Å². The van der Waals surface area contributed by atoms with Crippen molar-refractivity contribution in [1.29, 1.82) is 0 Å². The third-order valence-corrected chi connectivity index (χ3v) is 4.94. The van der Waals surface area contributed by atoms with E-state index in [2.05, 4.69) is 10.3 Å². The number of alkyl halides is 3. The molecular weight excluding hydrogens is 436 g/mol. The van der Waals surface area contributed by atoms with E-state index >= 15 is 0 Å². The Bertz CT molecular complexity index is 1040. The zero-order chi connectivity index (χ0) is 22.4. The van der Waals surface area contributed by atoms with Crippen molar-refractivity contribution >= 4 is 22.2 Å². The van der Waals surface area contributed by atoms with E-state index in [0.717, 1.165) is 0 Å². The Kier molecular flexibility index (Phi) is 7.11. The minimum absolute atomic E-state index is 0.0263. The molecule has 0 saturated carbocycles. The summed E-state index contributed by atoms with van der Waals surface area (Å²) >= 11 is 1.25. The quantitative estimate of drug-likeness (QED) is 0.459. The van der Waals surface area contributed by atoms with E-state index in [9.17, 15) is 22.4 Å². The van der Waals surface area contributed by atoms with Gasteiger partial charge in [-0.3, -0.25) is 4.79 Å². The first kappa shape index (κ1) is 22.5. The van der Waals surface area contributed by atoms with Gasteiger partial charge in [0, 0.05) is 12.0 Å². The van der Waals surface area contributed by atoms with Gasteiger partial charge >= 0.3 is 6.18 Å². The summed E-state index contributed by atoms with van der Waals surface area (Å²) in [5.74, 6) is -0.497. The molecule has 1 heterocycles. The molecule has 0 fully saturated rings. The summed E-state index contributed by atoms with van der Waals surface area (Å²) in [5.41, 5.74) is 3.51. The molecule has 10 heteroatoms. The highest BCUT2D eigenvalue weighted by molar-refractivity contribution is 7.14. The second kappa shape index (κ2) is 9.78. The molecule has 0 atom stereocenters. The van der Waals surface area contributed by atoms with Crippen LogP contribution in [0.25, 0.3) is 11.3 Å². The van der Waals surface area contributed by atoms with Crippen LogP contribution in [-0.4, -0.2) is 30.8 Å². The van der Waals surface area contributed by atoms with Crippen LogP contribution >= 0.6 is 11.3 Å². The first-order valence-corrected chi connectivity index (χ1v) is 9.99. The molecule has 0 aliphatic rings. The average molecular weight is 454 g/mol. The average Bonchev–Trinajstić information content (AvgIpc) is 3.19. The van der Waals surface area contributed by atoms with Crippen LogP contribution in [0.15, 0.2) is 48.0 Å². The van der Waals surface area contributed by atoms with Crippen LogP contribution in [0, 0.1) is 5.82 Å². The molecule has 0 radical (unpaired) electrons. The Labute approximate surface area is 179 Å². The Balaban J connectivity index is 1.60. The standard InChI is InChI=1S/C21H18F4N2O3S/c1-29-17-10-13(2-8-16(17)30-11-21(23,24)25)3-9-18(28)27-20-19(26-12-31-20)14-4-6-15(22)7-5-14/h2,4-8,10,12H,3,9,11H2,1H3,(H,27,28). The molecule has 0 bridgehead atoms. The van der Waals surface area contributed by atoms with Crippen molar-refractivity contribution in [1.82, 2.24) is 4.98 Å². The maximum atomic E-state index is 13.1. The predicted octanol–water partition coefficient (Wildman–Crippen LogP) is 5.47. The van der Waals surface area contributed by atoms with Gasteiger partial charge in [-0.15, -0.1) is 11.3 Å². The Morgan fingerprint density at radius 2 is 1.87 bits per heavy atom. The highest BCUT2D eigenvalue weighted by Gasteiger charge is 2.29. The first-order valence-electron chi connectivity index (χ1n) is 9.11. The number of amides is 1. The van der Waals surface area contributed by atoms with Gasteiger partial charge in [-0.05, 0) is 48.4 Å². The van der Waals surface area contributed by atoms with Crippen molar-refractivity contribution in [3.63, 3.8) is 0 Å². The van der Waals surface area contributed by atoms with E-state index in [1.54, 1.807) is 23.7 Å². The summed E-state index contributed by atoms with van der Waals surface area (Å²) in [6, 6.07) is 10.3. The monoisotopic (exact) mass is 454 g/mol. The molecule has 3 aromatic rings. The number of rotatable bonds is 8. The van der Waals surface area contributed by atoms with Gasteiger partial charge in [0.2, 0.25) is 5.91 Å². The van der Waals surface area contributed by atoms with Gasteiger partial charge in [-0.1, -0.05) is 6.07 Å². The van der Waals surface area contributed by atoms with Gasteiger partial charge in [0.25, 0.3) is 0 Å². The lowest BCUT2D eigenvalue weighted by atomic mass is 10.1. The summed E-state index contributed by atoms with van der Waals surface area (Å²) < 4.78 is 60.0. The lowest BCUT2D eigenvalue weighted by molar-refractivity contribution is -0.153. The molecular formula is C21H18F4N2O3S. The molecule has 3 rings (SSSR count). The van der Waals surface area contributed by atoms with Crippen molar-refractivity contribution in [2.45, 2.75) is 19.0 Å². The summed E-state index contributed by atoms with van der Waals surface area (Å²) in [6.45, 7) is -1.42. The first-order chi connectivity index (χ1) is 14.7. The maximum Gasteiger partial charge on any atom is 0.422 e.